The lowest BCUT2D eigenvalue weighted by Gasteiger charge is -2.18. The van der Waals surface area contributed by atoms with Crippen LogP contribution in [0.15, 0.2) is 18.2 Å². The van der Waals surface area contributed by atoms with Crippen molar-refractivity contribution >= 4 is 28.2 Å². The summed E-state index contributed by atoms with van der Waals surface area (Å²) in [6.45, 7) is 8.39. The van der Waals surface area contributed by atoms with Crippen LogP contribution in [-0.2, 0) is 28.8 Å². The van der Waals surface area contributed by atoms with Crippen LogP contribution in [0.5, 0.6) is 0 Å². The van der Waals surface area contributed by atoms with Gasteiger partial charge in [-0.25, -0.2) is 4.79 Å². The number of hydrogen-bond acceptors (Lipinski definition) is 4. The summed E-state index contributed by atoms with van der Waals surface area (Å²) in [5.41, 5.74) is 4.88. The van der Waals surface area contributed by atoms with Crippen LogP contribution in [0.25, 0.3) is 0 Å². The Morgan fingerprint density at radius 2 is 2.07 bits per heavy atom. The average Bonchev–Trinajstić information content (AvgIpc) is 2.95. The van der Waals surface area contributed by atoms with Gasteiger partial charge in [-0.15, -0.1) is 11.3 Å². The molecule has 27 heavy (non-hydrogen) atoms. The average molecular weight is 386 g/mol. The van der Waals surface area contributed by atoms with Gasteiger partial charge in [0.15, 0.2) is 0 Å². The Balaban J connectivity index is 1.86. The molecule has 0 aliphatic heterocycles. The second-order valence-corrected chi connectivity index (χ2v) is 8.54. The second-order valence-electron chi connectivity index (χ2n) is 7.43. The highest BCUT2D eigenvalue weighted by Crippen LogP contribution is 2.40. The van der Waals surface area contributed by atoms with Gasteiger partial charge in [0.25, 0.3) is 0 Å². The maximum Gasteiger partial charge on any atom is 0.341 e. The Labute approximate surface area is 164 Å². The molecule has 1 unspecified atom stereocenters. The first-order valence-corrected chi connectivity index (χ1v) is 10.4. The van der Waals surface area contributed by atoms with Crippen molar-refractivity contribution < 1.29 is 14.3 Å². The van der Waals surface area contributed by atoms with Crippen molar-refractivity contribution in [3.63, 3.8) is 0 Å². The lowest BCUT2D eigenvalue weighted by molar-refractivity contribution is -0.115. The van der Waals surface area contributed by atoms with E-state index in [1.54, 1.807) is 6.92 Å². The highest BCUT2D eigenvalue weighted by Gasteiger charge is 2.29. The standard InChI is InChI=1S/C22H27NO3S/c1-5-26-22(25)20-17-9-7-14(3)11-18(17)27-21(20)23-19(24)12-16-10-13(2)6-8-15(16)4/h6,8,10,14H,5,7,9,11-12H2,1-4H3,(H,23,24). The van der Waals surface area contributed by atoms with Gasteiger partial charge in [0.1, 0.15) is 5.00 Å². The van der Waals surface area contributed by atoms with E-state index >= 15 is 0 Å². The molecule has 0 saturated heterocycles. The molecule has 4 nitrogen and oxygen atoms in total. The summed E-state index contributed by atoms with van der Waals surface area (Å²) < 4.78 is 5.27. The summed E-state index contributed by atoms with van der Waals surface area (Å²) in [4.78, 5) is 26.5. The van der Waals surface area contributed by atoms with Crippen LogP contribution in [0.2, 0.25) is 0 Å². The van der Waals surface area contributed by atoms with Crippen LogP contribution >= 0.6 is 11.3 Å². The molecular weight excluding hydrogens is 358 g/mol. The van der Waals surface area contributed by atoms with E-state index in [-0.39, 0.29) is 11.9 Å². The SMILES string of the molecule is CCOC(=O)c1c(NC(=O)Cc2cc(C)ccc2C)sc2c1CCC(C)C2. The predicted octanol–water partition coefficient (Wildman–Crippen LogP) is 4.85. The number of benzene rings is 1. The number of rotatable bonds is 5. The molecule has 0 fully saturated rings. The molecule has 0 saturated carbocycles. The number of thiophene rings is 1. The molecule has 1 aliphatic rings. The van der Waals surface area contributed by atoms with Crippen molar-refractivity contribution in [2.24, 2.45) is 5.92 Å². The van der Waals surface area contributed by atoms with Crippen LogP contribution in [0.1, 0.15) is 57.8 Å². The van der Waals surface area contributed by atoms with Crippen molar-refractivity contribution in [1.29, 1.82) is 0 Å². The monoisotopic (exact) mass is 385 g/mol. The molecule has 5 heteroatoms. The Kier molecular flexibility index (Phi) is 6.00. The third-order valence-electron chi connectivity index (χ3n) is 5.10. The Bertz CT molecular complexity index is 869. The number of hydrogen-bond donors (Lipinski definition) is 1. The van der Waals surface area contributed by atoms with Crippen molar-refractivity contribution in [3.8, 4) is 0 Å². The number of anilines is 1. The van der Waals surface area contributed by atoms with Crippen molar-refractivity contribution in [2.45, 2.75) is 53.4 Å². The number of carbonyl (C=O) groups excluding carboxylic acids is 2. The first-order chi connectivity index (χ1) is 12.9. The van der Waals surface area contributed by atoms with E-state index in [9.17, 15) is 9.59 Å². The molecule has 1 N–H and O–H groups in total. The van der Waals surface area contributed by atoms with E-state index in [4.69, 9.17) is 4.74 Å². The van der Waals surface area contributed by atoms with Gasteiger partial charge < -0.3 is 10.1 Å². The molecule has 144 valence electrons. The number of ether oxygens (including phenoxy) is 1. The van der Waals surface area contributed by atoms with E-state index in [0.717, 1.165) is 41.5 Å². The summed E-state index contributed by atoms with van der Waals surface area (Å²) in [5, 5.41) is 3.64. The van der Waals surface area contributed by atoms with Gasteiger partial charge >= 0.3 is 5.97 Å². The number of amides is 1. The number of aryl methyl sites for hydroxylation is 2. The highest BCUT2D eigenvalue weighted by atomic mass is 32.1. The van der Waals surface area contributed by atoms with E-state index in [0.29, 0.717) is 29.5 Å². The largest absolute Gasteiger partial charge is 0.462 e. The first kappa shape index (κ1) is 19.6. The maximum absolute atomic E-state index is 12.7. The van der Waals surface area contributed by atoms with Gasteiger partial charge in [-0.05, 0) is 62.6 Å². The van der Waals surface area contributed by atoms with E-state index in [1.165, 1.54) is 16.2 Å². The van der Waals surface area contributed by atoms with E-state index in [2.05, 4.69) is 12.2 Å². The van der Waals surface area contributed by atoms with Crippen LogP contribution in [-0.4, -0.2) is 18.5 Å². The summed E-state index contributed by atoms with van der Waals surface area (Å²) in [6.07, 6.45) is 3.19. The molecule has 3 rings (SSSR count). The van der Waals surface area contributed by atoms with Crippen molar-refractivity contribution in [3.05, 3.63) is 50.9 Å². The molecule has 1 aliphatic carbocycles. The second kappa shape index (κ2) is 8.26. The molecule has 0 spiro atoms. The Hall–Kier alpha value is -2.14. The molecule has 2 aromatic rings. The zero-order valence-corrected chi connectivity index (χ0v) is 17.3. The highest BCUT2D eigenvalue weighted by molar-refractivity contribution is 7.17. The van der Waals surface area contributed by atoms with Crippen LogP contribution in [0.3, 0.4) is 0 Å². The van der Waals surface area contributed by atoms with E-state index < -0.39 is 0 Å². The minimum Gasteiger partial charge on any atom is -0.462 e. The van der Waals surface area contributed by atoms with Crippen LogP contribution < -0.4 is 5.32 Å². The van der Waals surface area contributed by atoms with Crippen LogP contribution in [0.4, 0.5) is 5.00 Å². The molecule has 0 bridgehead atoms. The predicted molar refractivity (Wildman–Crippen MR) is 110 cm³/mol. The van der Waals surface area contributed by atoms with E-state index in [1.807, 2.05) is 32.0 Å². The summed E-state index contributed by atoms with van der Waals surface area (Å²) in [7, 11) is 0. The van der Waals surface area contributed by atoms with Gasteiger partial charge in [0.2, 0.25) is 5.91 Å². The fraction of sp³-hybridized carbons (Fsp3) is 0.455. The van der Waals surface area contributed by atoms with Gasteiger partial charge in [0.05, 0.1) is 18.6 Å². The molecule has 1 heterocycles. The number of esters is 1. The van der Waals surface area contributed by atoms with Crippen molar-refractivity contribution in [2.75, 3.05) is 11.9 Å². The summed E-state index contributed by atoms with van der Waals surface area (Å²) in [6, 6.07) is 6.12. The number of carbonyl (C=O) groups is 2. The third-order valence-corrected chi connectivity index (χ3v) is 6.27. The minimum absolute atomic E-state index is 0.0964. The Morgan fingerprint density at radius 3 is 2.81 bits per heavy atom. The lowest BCUT2D eigenvalue weighted by Crippen LogP contribution is -2.18. The fourth-order valence-corrected chi connectivity index (χ4v) is 5.01. The van der Waals surface area contributed by atoms with Gasteiger partial charge in [0, 0.05) is 4.88 Å². The fourth-order valence-electron chi connectivity index (χ4n) is 3.59. The topological polar surface area (TPSA) is 55.4 Å². The molecule has 1 amide bonds. The third kappa shape index (κ3) is 4.41. The summed E-state index contributed by atoms with van der Waals surface area (Å²) in [5.74, 6) is 0.178. The number of nitrogens with one attached hydrogen (secondary N) is 1. The molecular formula is C22H27NO3S. The molecule has 0 radical (unpaired) electrons. The zero-order chi connectivity index (χ0) is 19.6. The first-order valence-electron chi connectivity index (χ1n) is 9.56. The molecule has 1 aromatic carbocycles. The zero-order valence-electron chi connectivity index (χ0n) is 16.5. The maximum atomic E-state index is 12.7. The van der Waals surface area contributed by atoms with Gasteiger partial charge in [-0.1, -0.05) is 30.7 Å². The lowest BCUT2D eigenvalue weighted by atomic mass is 9.88. The quantitative estimate of drug-likeness (QED) is 0.749. The molecule has 1 atom stereocenters. The van der Waals surface area contributed by atoms with Crippen LogP contribution in [0, 0.1) is 19.8 Å². The smallest absolute Gasteiger partial charge is 0.341 e. The summed E-state index contributed by atoms with van der Waals surface area (Å²) >= 11 is 1.53. The normalized spacial score (nSPS) is 15.9. The minimum atomic E-state index is -0.327. The number of fused-ring (bicyclic) bond motifs is 1. The Morgan fingerprint density at radius 1 is 1.30 bits per heavy atom. The van der Waals surface area contributed by atoms with Crippen molar-refractivity contribution in [1.82, 2.24) is 0 Å². The van der Waals surface area contributed by atoms with Gasteiger partial charge in [-0.3, -0.25) is 4.79 Å². The molecule has 1 aromatic heterocycles. The van der Waals surface area contributed by atoms with Gasteiger partial charge in [-0.2, -0.15) is 0 Å².